The molecule has 6 rings (SSSR count). The maximum absolute atomic E-state index is 14.5. The fourth-order valence-corrected chi connectivity index (χ4v) is 5.85. The predicted molar refractivity (Wildman–Crippen MR) is 181 cm³/mol. The summed E-state index contributed by atoms with van der Waals surface area (Å²) in [4.78, 5) is 13.1. The second-order valence-electron chi connectivity index (χ2n) is 11.9. The predicted octanol–water partition coefficient (Wildman–Crippen LogP) is 8.19. The van der Waals surface area contributed by atoms with E-state index in [9.17, 15) is 9.18 Å². The molecular weight excluding hydrogens is 607 g/mol. The Hall–Kier alpha value is -4.66. The summed E-state index contributed by atoms with van der Waals surface area (Å²) in [7, 11) is 0. The largest absolute Gasteiger partial charge is 0.459 e. The van der Waals surface area contributed by atoms with Crippen LogP contribution in [0.5, 0.6) is 0 Å². The van der Waals surface area contributed by atoms with Crippen molar-refractivity contribution in [2.24, 2.45) is 0 Å². The second kappa shape index (κ2) is 16.4. The fraction of sp³-hybridized carbons (Fsp3) is 0.244. The van der Waals surface area contributed by atoms with Gasteiger partial charge in [0.05, 0.1) is 25.4 Å². The molecule has 48 heavy (non-hydrogen) atoms. The van der Waals surface area contributed by atoms with E-state index in [0.29, 0.717) is 11.1 Å². The molecule has 0 saturated carbocycles. The van der Waals surface area contributed by atoms with Crippen LogP contribution < -0.4 is 0 Å². The number of carbonyl (C=O) groups is 1. The van der Waals surface area contributed by atoms with Gasteiger partial charge in [-0.1, -0.05) is 121 Å². The first-order valence-electron chi connectivity index (χ1n) is 16.2. The first kappa shape index (κ1) is 33.2. The Balaban J connectivity index is 1.37. The Bertz CT molecular complexity index is 1720. The molecule has 1 fully saturated rings. The van der Waals surface area contributed by atoms with Crippen LogP contribution in [0, 0.1) is 12.7 Å². The van der Waals surface area contributed by atoms with Crippen LogP contribution >= 0.6 is 0 Å². The molecule has 0 amide bonds. The molecule has 7 heteroatoms. The molecule has 5 aromatic rings. The van der Waals surface area contributed by atoms with Crippen molar-refractivity contribution in [2.45, 2.75) is 57.3 Å². The summed E-state index contributed by atoms with van der Waals surface area (Å²) in [5, 5.41) is 0. The molecule has 0 spiro atoms. The quantitative estimate of drug-likeness (QED) is 0.120. The molecule has 1 aliphatic rings. The van der Waals surface area contributed by atoms with Crippen LogP contribution in [-0.2, 0) is 43.5 Å². The number of hydrogen-bond acceptors (Lipinski definition) is 6. The van der Waals surface area contributed by atoms with Crippen molar-refractivity contribution < 1.29 is 32.9 Å². The monoisotopic (exact) mass is 646 g/mol. The summed E-state index contributed by atoms with van der Waals surface area (Å²) < 4.78 is 47.3. The van der Waals surface area contributed by atoms with Gasteiger partial charge in [-0.15, -0.1) is 0 Å². The van der Waals surface area contributed by atoms with Gasteiger partial charge in [-0.05, 0) is 52.9 Å². The van der Waals surface area contributed by atoms with Gasteiger partial charge in [-0.2, -0.15) is 0 Å². The highest BCUT2D eigenvalue weighted by atomic mass is 19.1. The van der Waals surface area contributed by atoms with Gasteiger partial charge in [0.25, 0.3) is 0 Å². The summed E-state index contributed by atoms with van der Waals surface area (Å²) in [5.41, 5.74) is 4.57. The molecule has 6 nitrogen and oxygen atoms in total. The van der Waals surface area contributed by atoms with Gasteiger partial charge >= 0.3 is 5.97 Å². The van der Waals surface area contributed by atoms with E-state index in [4.69, 9.17) is 23.7 Å². The minimum atomic E-state index is -0.742. The number of esters is 1. The topological polar surface area (TPSA) is 63.2 Å². The third-order valence-electron chi connectivity index (χ3n) is 8.39. The standard InChI is InChI=1S/C41H39FO6/c1-29-24-34(22-23-35(29)42)37-39(45-26-31-16-8-3-9-17-31)40(46-27-32-18-10-4-11-19-32)38(44-25-30-14-6-2-7-15-30)36(48-37)28-47-41(43)33-20-12-5-13-21-33/h2-24,36-40H,25-28H2,1H3/t36-,37-,38-,39-,40+/m1/s1. The Labute approximate surface area is 281 Å². The van der Waals surface area contributed by atoms with Crippen LogP contribution in [0.15, 0.2) is 140 Å². The van der Waals surface area contributed by atoms with Crippen molar-refractivity contribution in [2.75, 3.05) is 6.61 Å². The van der Waals surface area contributed by atoms with E-state index < -0.39 is 36.5 Å². The summed E-state index contributed by atoms with van der Waals surface area (Å²) in [6.45, 7) is 2.47. The first-order valence-corrected chi connectivity index (χ1v) is 16.2. The van der Waals surface area contributed by atoms with Crippen molar-refractivity contribution in [3.05, 3.63) is 179 Å². The van der Waals surface area contributed by atoms with Gasteiger partial charge < -0.3 is 23.7 Å². The lowest BCUT2D eigenvalue weighted by Crippen LogP contribution is -2.58. The average molecular weight is 647 g/mol. The minimum absolute atomic E-state index is 0.0968. The average Bonchev–Trinajstić information content (AvgIpc) is 3.14. The lowest BCUT2D eigenvalue weighted by atomic mass is 9.89. The van der Waals surface area contributed by atoms with Crippen LogP contribution in [0.2, 0.25) is 0 Å². The highest BCUT2D eigenvalue weighted by Gasteiger charge is 2.49. The molecule has 5 atom stereocenters. The zero-order valence-corrected chi connectivity index (χ0v) is 26.8. The number of hydrogen-bond donors (Lipinski definition) is 0. The first-order chi connectivity index (χ1) is 23.5. The van der Waals surface area contributed by atoms with E-state index in [0.717, 1.165) is 22.3 Å². The zero-order valence-electron chi connectivity index (χ0n) is 26.8. The smallest absolute Gasteiger partial charge is 0.338 e. The maximum Gasteiger partial charge on any atom is 0.338 e. The normalized spacial score (nSPS) is 20.7. The fourth-order valence-electron chi connectivity index (χ4n) is 5.85. The van der Waals surface area contributed by atoms with Crippen molar-refractivity contribution in [1.29, 1.82) is 0 Å². The van der Waals surface area contributed by atoms with E-state index in [1.165, 1.54) is 6.07 Å². The zero-order chi connectivity index (χ0) is 33.1. The van der Waals surface area contributed by atoms with Gasteiger partial charge in [-0.25, -0.2) is 9.18 Å². The van der Waals surface area contributed by atoms with Gasteiger partial charge in [-0.3, -0.25) is 0 Å². The number of benzene rings is 5. The summed E-state index contributed by atoms with van der Waals surface area (Å²) in [5.74, 6) is -0.787. The van der Waals surface area contributed by atoms with E-state index >= 15 is 0 Å². The van der Waals surface area contributed by atoms with Crippen molar-refractivity contribution in [1.82, 2.24) is 0 Å². The summed E-state index contributed by atoms with van der Waals surface area (Å²) >= 11 is 0. The number of ether oxygens (including phenoxy) is 5. The molecule has 0 radical (unpaired) electrons. The molecule has 1 aliphatic heterocycles. The van der Waals surface area contributed by atoms with Gasteiger partial charge in [0.1, 0.15) is 42.9 Å². The van der Waals surface area contributed by atoms with Crippen molar-refractivity contribution >= 4 is 5.97 Å². The molecule has 1 heterocycles. The Morgan fingerprint density at radius 2 is 1.10 bits per heavy atom. The third-order valence-corrected chi connectivity index (χ3v) is 8.39. The molecule has 1 saturated heterocycles. The third kappa shape index (κ3) is 8.62. The molecule has 246 valence electrons. The lowest BCUT2D eigenvalue weighted by molar-refractivity contribution is -0.272. The summed E-state index contributed by atoms with van der Waals surface area (Å²) in [6, 6.07) is 43.3. The number of aryl methyl sites for hydroxylation is 1. The van der Waals surface area contributed by atoms with Crippen LogP contribution in [0.3, 0.4) is 0 Å². The molecular formula is C41H39FO6. The van der Waals surface area contributed by atoms with Crippen molar-refractivity contribution in [3.63, 3.8) is 0 Å². The molecule has 0 N–H and O–H groups in total. The Morgan fingerprint density at radius 1 is 0.625 bits per heavy atom. The van der Waals surface area contributed by atoms with Gasteiger partial charge in [0.2, 0.25) is 0 Å². The highest BCUT2D eigenvalue weighted by Crippen LogP contribution is 2.39. The van der Waals surface area contributed by atoms with Crippen LogP contribution in [0.25, 0.3) is 0 Å². The SMILES string of the molecule is Cc1cc([C@H]2O[C@H](COC(=O)c3ccccc3)[C@@H](OCc3ccccc3)[C@H](OCc3ccccc3)[C@@H]2OCc2ccccc2)ccc1F. The molecule has 0 aliphatic carbocycles. The number of rotatable bonds is 13. The van der Waals surface area contributed by atoms with Crippen molar-refractivity contribution in [3.8, 4) is 0 Å². The van der Waals surface area contributed by atoms with Crippen LogP contribution in [0.4, 0.5) is 4.39 Å². The Morgan fingerprint density at radius 3 is 1.62 bits per heavy atom. The van der Waals surface area contributed by atoms with E-state index in [-0.39, 0.29) is 32.2 Å². The molecule has 0 bridgehead atoms. The molecule has 0 unspecified atom stereocenters. The number of halogens is 1. The van der Waals surface area contributed by atoms with E-state index in [2.05, 4.69) is 0 Å². The maximum atomic E-state index is 14.5. The van der Waals surface area contributed by atoms with Crippen LogP contribution in [-0.4, -0.2) is 37.0 Å². The Kier molecular flexibility index (Phi) is 11.4. The lowest BCUT2D eigenvalue weighted by Gasteiger charge is -2.46. The van der Waals surface area contributed by atoms with Gasteiger partial charge in [0.15, 0.2) is 0 Å². The molecule has 0 aromatic heterocycles. The highest BCUT2D eigenvalue weighted by molar-refractivity contribution is 5.89. The van der Waals surface area contributed by atoms with E-state index in [1.807, 2.05) is 97.1 Å². The van der Waals surface area contributed by atoms with Crippen LogP contribution in [0.1, 0.15) is 44.3 Å². The molecule has 5 aromatic carbocycles. The number of carbonyl (C=O) groups excluding carboxylic acids is 1. The van der Waals surface area contributed by atoms with Gasteiger partial charge in [0, 0.05) is 0 Å². The second-order valence-corrected chi connectivity index (χ2v) is 11.9. The minimum Gasteiger partial charge on any atom is -0.459 e. The summed E-state index contributed by atoms with van der Waals surface area (Å²) in [6.07, 6.45) is -3.46. The van der Waals surface area contributed by atoms with E-state index in [1.54, 1.807) is 43.3 Å².